The highest BCUT2D eigenvalue weighted by Gasteiger charge is 2.37. The molecule has 1 fully saturated rings. The average Bonchev–Trinajstić information content (AvgIpc) is 2.46. The minimum absolute atomic E-state index is 0.0815. The summed E-state index contributed by atoms with van der Waals surface area (Å²) in [5, 5.41) is 9.52. The number of benzene rings is 1. The van der Waals surface area contributed by atoms with E-state index in [-0.39, 0.29) is 28.2 Å². The van der Waals surface area contributed by atoms with Crippen molar-refractivity contribution in [3.8, 4) is 5.75 Å². The third-order valence-electron chi connectivity index (χ3n) is 3.25. The van der Waals surface area contributed by atoms with Crippen LogP contribution in [0.25, 0.3) is 6.08 Å². The summed E-state index contributed by atoms with van der Waals surface area (Å²) >= 11 is 5.19. The Morgan fingerprint density at radius 3 is 1.95 bits per heavy atom. The van der Waals surface area contributed by atoms with E-state index in [0.717, 1.165) is 0 Å². The van der Waals surface area contributed by atoms with E-state index in [9.17, 15) is 14.7 Å². The summed E-state index contributed by atoms with van der Waals surface area (Å²) in [5.41, 5.74) is 0.752. The molecule has 6 heteroatoms. The highest BCUT2D eigenvalue weighted by molar-refractivity contribution is 7.80. The fourth-order valence-corrected chi connectivity index (χ4v) is 2.54. The number of amides is 2. The molecule has 0 atom stereocenters. The Morgan fingerprint density at radius 1 is 1.05 bits per heavy atom. The van der Waals surface area contributed by atoms with Gasteiger partial charge in [-0.05, 0) is 49.8 Å². The second-order valence-electron chi connectivity index (χ2n) is 4.53. The summed E-state index contributed by atoms with van der Waals surface area (Å²) in [7, 11) is 0. The molecule has 1 aromatic carbocycles. The number of carbonyl (C=O) groups is 2. The van der Waals surface area contributed by atoms with Crippen molar-refractivity contribution in [1.82, 2.24) is 9.80 Å². The molecule has 0 spiro atoms. The zero-order valence-electron chi connectivity index (χ0n) is 11.9. The van der Waals surface area contributed by atoms with Crippen molar-refractivity contribution < 1.29 is 14.7 Å². The summed E-state index contributed by atoms with van der Waals surface area (Å²) in [5.74, 6) is -0.638. The smallest absolute Gasteiger partial charge is 0.265 e. The Balaban J connectivity index is 2.44. The van der Waals surface area contributed by atoms with E-state index >= 15 is 0 Å². The predicted octanol–water partition coefficient (Wildman–Crippen LogP) is 1.77. The van der Waals surface area contributed by atoms with Gasteiger partial charge in [0.2, 0.25) is 0 Å². The third-order valence-corrected chi connectivity index (χ3v) is 3.69. The molecular weight excluding hydrogens is 288 g/mol. The molecule has 1 N–H and O–H groups in total. The first-order chi connectivity index (χ1) is 9.99. The molecule has 0 aromatic heterocycles. The summed E-state index contributed by atoms with van der Waals surface area (Å²) < 4.78 is 0. The molecule has 0 radical (unpaired) electrons. The molecule has 0 aliphatic carbocycles. The number of rotatable bonds is 3. The largest absolute Gasteiger partial charge is 0.508 e. The Labute approximate surface area is 128 Å². The van der Waals surface area contributed by atoms with Gasteiger partial charge in [0, 0.05) is 13.1 Å². The van der Waals surface area contributed by atoms with Crippen LogP contribution in [0.15, 0.2) is 29.8 Å². The molecule has 2 amide bonds. The molecule has 21 heavy (non-hydrogen) atoms. The first-order valence-corrected chi connectivity index (χ1v) is 7.08. The molecule has 1 heterocycles. The Kier molecular flexibility index (Phi) is 4.37. The van der Waals surface area contributed by atoms with Crippen LogP contribution in [-0.2, 0) is 9.59 Å². The van der Waals surface area contributed by atoms with E-state index in [1.807, 2.05) is 13.8 Å². The average molecular weight is 304 g/mol. The number of phenols is 1. The number of nitrogens with zero attached hydrogens (tertiary/aromatic N) is 2. The van der Waals surface area contributed by atoms with E-state index in [1.54, 1.807) is 12.1 Å². The van der Waals surface area contributed by atoms with Crippen LogP contribution in [0.5, 0.6) is 5.75 Å². The van der Waals surface area contributed by atoms with Gasteiger partial charge in [-0.1, -0.05) is 12.1 Å². The maximum Gasteiger partial charge on any atom is 0.265 e. The lowest BCUT2D eigenvalue weighted by atomic mass is 10.1. The van der Waals surface area contributed by atoms with Crippen molar-refractivity contribution >= 4 is 35.2 Å². The topological polar surface area (TPSA) is 60.9 Å². The van der Waals surface area contributed by atoms with Gasteiger partial charge in [-0.25, -0.2) is 0 Å². The van der Waals surface area contributed by atoms with Gasteiger partial charge < -0.3 is 5.11 Å². The molecule has 1 aliphatic heterocycles. The first kappa shape index (κ1) is 15.2. The van der Waals surface area contributed by atoms with Gasteiger partial charge >= 0.3 is 0 Å². The van der Waals surface area contributed by atoms with Crippen LogP contribution in [0.3, 0.4) is 0 Å². The standard InChI is InChI=1S/C15H16N2O3S/c1-3-16-13(19)12(14(20)17(4-2)15(16)21)9-10-5-7-11(18)8-6-10/h5-9,18H,3-4H2,1-2H3. The number of aromatic hydroxyl groups is 1. The minimum atomic E-state index is -0.384. The van der Waals surface area contributed by atoms with Crippen molar-refractivity contribution in [1.29, 1.82) is 0 Å². The zero-order valence-corrected chi connectivity index (χ0v) is 12.7. The first-order valence-electron chi connectivity index (χ1n) is 6.68. The lowest BCUT2D eigenvalue weighted by molar-refractivity contribution is -0.133. The molecule has 2 rings (SSSR count). The van der Waals surface area contributed by atoms with Gasteiger partial charge in [-0.15, -0.1) is 0 Å². The molecule has 0 bridgehead atoms. The Hall–Kier alpha value is -2.21. The molecule has 110 valence electrons. The normalized spacial score (nSPS) is 15.7. The van der Waals surface area contributed by atoms with Crippen LogP contribution >= 0.6 is 12.2 Å². The van der Waals surface area contributed by atoms with Crippen molar-refractivity contribution in [2.75, 3.05) is 13.1 Å². The van der Waals surface area contributed by atoms with E-state index < -0.39 is 0 Å². The van der Waals surface area contributed by atoms with Gasteiger partial charge in [-0.2, -0.15) is 0 Å². The molecule has 0 saturated carbocycles. The van der Waals surface area contributed by atoms with Gasteiger partial charge in [0.15, 0.2) is 5.11 Å². The minimum Gasteiger partial charge on any atom is -0.508 e. The van der Waals surface area contributed by atoms with Crippen molar-refractivity contribution in [2.45, 2.75) is 13.8 Å². The number of likely N-dealkylation sites (N-methyl/N-ethyl adjacent to an activating group) is 2. The van der Waals surface area contributed by atoms with E-state index in [1.165, 1.54) is 28.0 Å². The monoisotopic (exact) mass is 304 g/mol. The van der Waals surface area contributed by atoms with Crippen LogP contribution < -0.4 is 0 Å². The molecule has 1 saturated heterocycles. The van der Waals surface area contributed by atoms with Crippen LogP contribution in [0.1, 0.15) is 19.4 Å². The fraction of sp³-hybridized carbons (Fsp3) is 0.267. The van der Waals surface area contributed by atoms with Crippen LogP contribution in [-0.4, -0.2) is 44.9 Å². The van der Waals surface area contributed by atoms with Crippen LogP contribution in [0, 0.1) is 0 Å². The van der Waals surface area contributed by atoms with E-state index in [0.29, 0.717) is 18.7 Å². The number of thiocarbonyl (C=S) groups is 1. The lowest BCUT2D eigenvalue weighted by Gasteiger charge is -2.35. The number of hydrogen-bond donors (Lipinski definition) is 1. The lowest BCUT2D eigenvalue weighted by Crippen LogP contribution is -2.55. The second-order valence-corrected chi connectivity index (χ2v) is 4.90. The Bertz CT molecular complexity index is 594. The molecule has 1 aliphatic rings. The molecular formula is C15H16N2O3S. The summed E-state index contributed by atoms with van der Waals surface area (Å²) in [6.45, 7) is 4.45. The van der Waals surface area contributed by atoms with Gasteiger partial charge in [0.1, 0.15) is 11.3 Å². The van der Waals surface area contributed by atoms with E-state index in [2.05, 4.69) is 0 Å². The highest BCUT2D eigenvalue weighted by Crippen LogP contribution is 2.21. The molecule has 5 nitrogen and oxygen atoms in total. The summed E-state index contributed by atoms with van der Waals surface area (Å²) in [4.78, 5) is 27.6. The van der Waals surface area contributed by atoms with Crippen LogP contribution in [0.4, 0.5) is 0 Å². The molecule has 0 unspecified atom stereocenters. The number of phenolic OH excluding ortho intramolecular Hbond substituents is 1. The van der Waals surface area contributed by atoms with Gasteiger partial charge in [0.25, 0.3) is 11.8 Å². The molecule has 1 aromatic rings. The van der Waals surface area contributed by atoms with Gasteiger partial charge in [-0.3, -0.25) is 19.4 Å². The number of hydrogen-bond acceptors (Lipinski definition) is 4. The second kappa shape index (κ2) is 6.05. The number of carbonyl (C=O) groups excluding carboxylic acids is 2. The van der Waals surface area contributed by atoms with Crippen molar-refractivity contribution in [2.24, 2.45) is 0 Å². The third kappa shape index (κ3) is 2.80. The predicted molar refractivity (Wildman–Crippen MR) is 83.5 cm³/mol. The zero-order chi connectivity index (χ0) is 15.6. The SMILES string of the molecule is CCN1C(=O)C(=Cc2ccc(O)cc2)C(=O)N(CC)C1=S. The van der Waals surface area contributed by atoms with Gasteiger partial charge in [0.05, 0.1) is 0 Å². The van der Waals surface area contributed by atoms with E-state index in [4.69, 9.17) is 12.2 Å². The van der Waals surface area contributed by atoms with Crippen LogP contribution in [0.2, 0.25) is 0 Å². The maximum atomic E-state index is 12.4. The summed E-state index contributed by atoms with van der Waals surface area (Å²) in [6, 6.07) is 6.29. The Morgan fingerprint density at radius 2 is 1.52 bits per heavy atom. The quantitative estimate of drug-likeness (QED) is 0.525. The fourth-order valence-electron chi connectivity index (χ4n) is 2.12. The maximum absolute atomic E-state index is 12.4. The van der Waals surface area contributed by atoms with Crippen molar-refractivity contribution in [3.63, 3.8) is 0 Å². The van der Waals surface area contributed by atoms with Crippen molar-refractivity contribution in [3.05, 3.63) is 35.4 Å². The highest BCUT2D eigenvalue weighted by atomic mass is 32.1. The summed E-state index contributed by atoms with van der Waals surface area (Å²) in [6.07, 6.45) is 1.52.